The molecule has 0 saturated heterocycles. The summed E-state index contributed by atoms with van der Waals surface area (Å²) in [6.45, 7) is 4.14. The number of fused-ring (bicyclic) bond motifs is 1. The van der Waals surface area contributed by atoms with E-state index < -0.39 is 29.1 Å². The Balaban J connectivity index is 1.47. The molecule has 2 fully saturated rings. The second-order valence-corrected chi connectivity index (χ2v) is 12.2. The van der Waals surface area contributed by atoms with Crippen molar-refractivity contribution in [3.05, 3.63) is 42.0 Å². The summed E-state index contributed by atoms with van der Waals surface area (Å²) in [5.41, 5.74) is 0.0263. The van der Waals surface area contributed by atoms with Crippen LogP contribution in [0.4, 0.5) is 10.5 Å². The Labute approximate surface area is 259 Å². The van der Waals surface area contributed by atoms with Gasteiger partial charge in [0.05, 0.1) is 46.8 Å². The fourth-order valence-corrected chi connectivity index (χ4v) is 7.52. The number of anilines is 1. The van der Waals surface area contributed by atoms with Crippen LogP contribution in [-0.2, 0) is 16.1 Å². The Bertz CT molecular complexity index is 1290. The van der Waals surface area contributed by atoms with E-state index in [-0.39, 0.29) is 30.8 Å². The zero-order valence-electron chi connectivity index (χ0n) is 26.5. The van der Waals surface area contributed by atoms with Crippen LogP contribution in [0, 0.1) is 22.7 Å². The number of methoxy groups -OCH3 is 4. The summed E-state index contributed by atoms with van der Waals surface area (Å²) in [6, 6.07) is 10.7. The molecule has 2 saturated carbocycles. The van der Waals surface area contributed by atoms with Crippen molar-refractivity contribution in [2.45, 2.75) is 64.7 Å². The number of amides is 2. The number of carbonyl (C=O) groups excluding carboxylic acids is 2. The first-order chi connectivity index (χ1) is 21.0. The summed E-state index contributed by atoms with van der Waals surface area (Å²) in [4.78, 5) is 26.3. The number of ether oxygens (including phenoxy) is 5. The lowest BCUT2D eigenvalue weighted by Crippen LogP contribution is -2.61. The van der Waals surface area contributed by atoms with E-state index in [9.17, 15) is 19.8 Å². The van der Waals surface area contributed by atoms with Gasteiger partial charge in [-0.1, -0.05) is 32.0 Å². The summed E-state index contributed by atoms with van der Waals surface area (Å²) in [7, 11) is 6.07. The lowest BCUT2D eigenvalue weighted by Gasteiger charge is -2.60. The largest absolute Gasteiger partial charge is 0.496 e. The fourth-order valence-electron chi connectivity index (χ4n) is 7.52. The van der Waals surface area contributed by atoms with Crippen molar-refractivity contribution in [2.75, 3.05) is 40.4 Å². The van der Waals surface area contributed by atoms with Gasteiger partial charge in [-0.3, -0.25) is 10.1 Å². The van der Waals surface area contributed by atoms with Gasteiger partial charge in [-0.05, 0) is 49.0 Å². The zero-order valence-corrected chi connectivity index (χ0v) is 26.5. The van der Waals surface area contributed by atoms with E-state index in [0.717, 1.165) is 5.56 Å². The van der Waals surface area contributed by atoms with Crippen LogP contribution in [0.1, 0.15) is 51.5 Å². The van der Waals surface area contributed by atoms with Gasteiger partial charge in [-0.25, -0.2) is 4.79 Å². The Morgan fingerprint density at radius 3 is 2.20 bits per heavy atom. The molecule has 4 unspecified atom stereocenters. The normalized spacial score (nSPS) is 27.8. The predicted molar refractivity (Wildman–Crippen MR) is 164 cm³/mol. The average Bonchev–Trinajstić information content (AvgIpc) is 3.02. The summed E-state index contributed by atoms with van der Waals surface area (Å²) in [6.07, 6.45) is 0.469. The second kappa shape index (κ2) is 13.9. The average molecular weight is 615 g/mol. The van der Waals surface area contributed by atoms with Gasteiger partial charge in [0.15, 0.2) is 11.5 Å². The molecule has 2 amide bonds. The van der Waals surface area contributed by atoms with E-state index in [2.05, 4.69) is 17.6 Å². The molecule has 2 aliphatic carbocycles. The molecule has 0 heterocycles. The maximum absolute atomic E-state index is 13.2. The van der Waals surface area contributed by atoms with Crippen molar-refractivity contribution in [2.24, 2.45) is 22.7 Å². The van der Waals surface area contributed by atoms with Gasteiger partial charge in [0.1, 0.15) is 11.9 Å². The molecule has 6 atom stereocenters. The highest BCUT2D eigenvalue weighted by molar-refractivity contribution is 5.86. The molecule has 4 rings (SSSR count). The first kappa shape index (κ1) is 33.2. The van der Waals surface area contributed by atoms with Gasteiger partial charge in [0.25, 0.3) is 0 Å². The number of benzene rings is 2. The molecule has 4 N–H and O–H groups in total. The van der Waals surface area contributed by atoms with E-state index in [1.54, 1.807) is 19.2 Å². The van der Waals surface area contributed by atoms with Crippen LogP contribution in [0.15, 0.2) is 36.4 Å². The quantitative estimate of drug-likeness (QED) is 0.287. The molecule has 11 heteroatoms. The third-order valence-corrected chi connectivity index (χ3v) is 9.91. The number of carbonyl (C=O) groups is 2. The maximum Gasteiger partial charge on any atom is 0.411 e. The first-order valence-electron chi connectivity index (χ1n) is 15.0. The Hall–Kier alpha value is -3.70. The molecular formula is C33H46N2O9. The second-order valence-electron chi connectivity index (χ2n) is 12.2. The van der Waals surface area contributed by atoms with Crippen molar-refractivity contribution >= 4 is 17.7 Å². The summed E-state index contributed by atoms with van der Waals surface area (Å²) in [5, 5.41) is 27.6. The molecule has 11 nitrogen and oxygen atoms in total. The SMILES string of the molecule is COc1ccccc1CNC(=O)CC1C(O)CCC2[C@@]1(C)CCC(OC(=O)Nc1cc(OC)c(OC)c(OC)c1)[C@@]2(C)CO. The molecule has 2 aromatic rings. The summed E-state index contributed by atoms with van der Waals surface area (Å²) < 4.78 is 27.5. The molecule has 0 aliphatic heterocycles. The van der Waals surface area contributed by atoms with Crippen molar-refractivity contribution < 1.29 is 43.5 Å². The van der Waals surface area contributed by atoms with E-state index in [1.165, 1.54) is 21.3 Å². The first-order valence-corrected chi connectivity index (χ1v) is 15.0. The van der Waals surface area contributed by atoms with Crippen molar-refractivity contribution in [1.29, 1.82) is 0 Å². The number of nitrogens with one attached hydrogen (secondary N) is 2. The standard InChI is InChI=1S/C33H46N2O9/c1-32-14-13-28(44-31(39)35-21-15-25(41-4)30(43-6)26(16-21)42-5)33(2,19-36)27(32)12-11-23(37)22(32)17-29(38)34-18-20-9-7-8-10-24(20)40-3/h7-10,15-16,22-23,27-28,36-37H,11-14,17-19H2,1-6H3,(H,34,38)(H,35,39)/t22?,23?,27?,28?,32-,33-/m0/s1. The Kier molecular flexibility index (Phi) is 10.5. The number of aliphatic hydroxyl groups is 2. The summed E-state index contributed by atoms with van der Waals surface area (Å²) in [5.74, 6) is 1.29. The van der Waals surface area contributed by atoms with Crippen LogP contribution in [0.5, 0.6) is 23.0 Å². The number of hydrogen-bond donors (Lipinski definition) is 4. The molecule has 2 aliphatic rings. The van der Waals surface area contributed by atoms with Gasteiger partial charge < -0.3 is 39.2 Å². The number of hydrogen-bond acceptors (Lipinski definition) is 9. The van der Waals surface area contributed by atoms with Gasteiger partial charge in [0.2, 0.25) is 11.7 Å². The van der Waals surface area contributed by atoms with E-state index in [0.29, 0.717) is 60.9 Å². The smallest absolute Gasteiger partial charge is 0.411 e. The van der Waals surface area contributed by atoms with Crippen LogP contribution in [0.3, 0.4) is 0 Å². The Morgan fingerprint density at radius 1 is 0.932 bits per heavy atom. The van der Waals surface area contributed by atoms with Gasteiger partial charge in [0, 0.05) is 36.1 Å². The van der Waals surface area contributed by atoms with Crippen LogP contribution < -0.4 is 29.6 Å². The fraction of sp³-hybridized carbons (Fsp3) is 0.576. The molecule has 2 aromatic carbocycles. The van der Waals surface area contributed by atoms with E-state index in [4.69, 9.17) is 23.7 Å². The molecule has 0 radical (unpaired) electrons. The molecule has 0 aromatic heterocycles. The maximum atomic E-state index is 13.2. The number of rotatable bonds is 11. The van der Waals surface area contributed by atoms with Crippen LogP contribution in [0.2, 0.25) is 0 Å². The van der Waals surface area contributed by atoms with Gasteiger partial charge in [-0.2, -0.15) is 0 Å². The van der Waals surface area contributed by atoms with Crippen molar-refractivity contribution in [3.63, 3.8) is 0 Å². The lowest BCUT2D eigenvalue weighted by atomic mass is 9.46. The van der Waals surface area contributed by atoms with Crippen LogP contribution >= 0.6 is 0 Å². The molecular weight excluding hydrogens is 568 g/mol. The van der Waals surface area contributed by atoms with Crippen LogP contribution in [-0.4, -0.2) is 69.5 Å². The highest BCUT2D eigenvalue weighted by Gasteiger charge is 2.60. The minimum atomic E-state index is -0.786. The third kappa shape index (κ3) is 6.53. The molecule has 44 heavy (non-hydrogen) atoms. The predicted octanol–water partition coefficient (Wildman–Crippen LogP) is 4.53. The topological polar surface area (TPSA) is 145 Å². The Morgan fingerprint density at radius 2 is 1.59 bits per heavy atom. The van der Waals surface area contributed by atoms with E-state index in [1.807, 2.05) is 31.2 Å². The monoisotopic (exact) mass is 614 g/mol. The zero-order chi connectivity index (χ0) is 32.1. The van der Waals surface area contributed by atoms with Gasteiger partial charge in [-0.15, -0.1) is 0 Å². The number of aliphatic hydroxyl groups excluding tert-OH is 2. The summed E-state index contributed by atoms with van der Waals surface area (Å²) >= 11 is 0. The molecule has 242 valence electrons. The van der Waals surface area contributed by atoms with Crippen molar-refractivity contribution in [3.8, 4) is 23.0 Å². The highest BCUT2D eigenvalue weighted by Crippen LogP contribution is 2.61. The molecule has 0 bridgehead atoms. The van der Waals surface area contributed by atoms with Crippen molar-refractivity contribution in [1.82, 2.24) is 5.32 Å². The van der Waals surface area contributed by atoms with Gasteiger partial charge >= 0.3 is 6.09 Å². The third-order valence-electron chi connectivity index (χ3n) is 9.91. The molecule has 0 spiro atoms. The van der Waals surface area contributed by atoms with Crippen LogP contribution in [0.25, 0.3) is 0 Å². The minimum Gasteiger partial charge on any atom is -0.496 e. The number of para-hydroxylation sites is 1. The minimum absolute atomic E-state index is 0.0943. The lowest BCUT2D eigenvalue weighted by molar-refractivity contribution is -0.185. The van der Waals surface area contributed by atoms with E-state index >= 15 is 0 Å². The highest BCUT2D eigenvalue weighted by atomic mass is 16.6.